The molecule has 1 aromatic carbocycles. The van der Waals surface area contributed by atoms with E-state index in [1.54, 1.807) is 0 Å². The molecule has 2 atom stereocenters. The second-order valence-corrected chi connectivity index (χ2v) is 6.02. The Bertz CT molecular complexity index is 647. The first-order chi connectivity index (χ1) is 10.1. The molecule has 2 unspecified atom stereocenters. The maximum absolute atomic E-state index is 12.3. The molecule has 1 aliphatic heterocycles. The number of aryl methyl sites for hydroxylation is 1. The summed E-state index contributed by atoms with van der Waals surface area (Å²) in [5, 5.41) is 7.43. The molecule has 22 heavy (non-hydrogen) atoms. The van der Waals surface area contributed by atoms with Gasteiger partial charge < -0.3 is 15.1 Å². The molecule has 5 heteroatoms. The summed E-state index contributed by atoms with van der Waals surface area (Å²) in [5.41, 5.74) is 1.93. The molecule has 3 rings (SSSR count). The number of nitrogens with one attached hydrogen (secondary N) is 2. The van der Waals surface area contributed by atoms with Crippen LogP contribution >= 0.6 is 12.4 Å². The van der Waals surface area contributed by atoms with Crippen molar-refractivity contribution in [3.8, 4) is 0 Å². The van der Waals surface area contributed by atoms with Gasteiger partial charge in [0.25, 0.3) is 5.91 Å². The number of rotatable bonds is 3. The van der Waals surface area contributed by atoms with Crippen LogP contribution in [0.2, 0.25) is 0 Å². The predicted octanol–water partition coefficient (Wildman–Crippen LogP) is 3.28. The van der Waals surface area contributed by atoms with Crippen molar-refractivity contribution >= 4 is 29.3 Å². The highest BCUT2D eigenvalue weighted by Crippen LogP contribution is 2.21. The predicted molar refractivity (Wildman–Crippen MR) is 90.7 cm³/mol. The number of furan rings is 1. The van der Waals surface area contributed by atoms with Crippen molar-refractivity contribution in [3.63, 3.8) is 0 Å². The van der Waals surface area contributed by atoms with E-state index >= 15 is 0 Å². The molecule has 4 nitrogen and oxygen atoms in total. The summed E-state index contributed by atoms with van der Waals surface area (Å²) in [6.07, 6.45) is 2.34. The number of hydrogen-bond donors (Lipinski definition) is 2. The first kappa shape index (κ1) is 16.8. The Morgan fingerprint density at radius 2 is 2.23 bits per heavy atom. The summed E-state index contributed by atoms with van der Waals surface area (Å²) in [7, 11) is 0. The summed E-state index contributed by atoms with van der Waals surface area (Å²) in [6.45, 7) is 6.16. The molecule has 1 aromatic heterocycles. The topological polar surface area (TPSA) is 54.3 Å². The van der Waals surface area contributed by atoms with Crippen LogP contribution in [-0.4, -0.2) is 25.0 Å². The first-order valence-corrected chi connectivity index (χ1v) is 7.65. The summed E-state index contributed by atoms with van der Waals surface area (Å²) in [5.74, 6) is 0.766. The van der Waals surface area contributed by atoms with Crippen LogP contribution in [-0.2, 0) is 0 Å². The molecular formula is C17H23ClN2O2. The van der Waals surface area contributed by atoms with E-state index in [9.17, 15) is 4.79 Å². The van der Waals surface area contributed by atoms with E-state index in [1.807, 2.05) is 31.2 Å². The SMILES string of the molecule is Cc1ccc2oc(C(=O)NC(C)C3CCCNC3)cc2c1.Cl. The number of piperidine rings is 1. The lowest BCUT2D eigenvalue weighted by Gasteiger charge is -2.28. The van der Waals surface area contributed by atoms with Gasteiger partial charge in [0.05, 0.1) is 0 Å². The van der Waals surface area contributed by atoms with Crippen molar-refractivity contribution in [2.24, 2.45) is 5.92 Å². The van der Waals surface area contributed by atoms with Crippen LogP contribution in [0.15, 0.2) is 28.7 Å². The lowest BCUT2D eigenvalue weighted by atomic mass is 9.93. The standard InChI is InChI=1S/C17H22N2O2.ClH/c1-11-5-6-15-14(8-11)9-16(21-15)17(20)19-12(2)13-4-3-7-18-10-13;/h5-6,8-9,12-13,18H,3-4,7,10H2,1-2H3,(H,19,20);1H. The zero-order valence-electron chi connectivity index (χ0n) is 13.0. The van der Waals surface area contributed by atoms with Crippen LogP contribution in [0.3, 0.4) is 0 Å². The highest BCUT2D eigenvalue weighted by molar-refractivity contribution is 5.96. The minimum atomic E-state index is -0.123. The fraction of sp³-hybridized carbons (Fsp3) is 0.471. The minimum absolute atomic E-state index is 0. The molecule has 1 fully saturated rings. The van der Waals surface area contributed by atoms with Gasteiger partial charge in [-0.3, -0.25) is 4.79 Å². The Morgan fingerprint density at radius 3 is 2.95 bits per heavy atom. The second kappa shape index (κ2) is 7.16. The number of halogens is 1. The Balaban J connectivity index is 0.00000176. The van der Waals surface area contributed by atoms with Gasteiger partial charge in [-0.15, -0.1) is 12.4 Å². The van der Waals surface area contributed by atoms with E-state index in [-0.39, 0.29) is 24.4 Å². The van der Waals surface area contributed by atoms with E-state index in [0.29, 0.717) is 11.7 Å². The van der Waals surface area contributed by atoms with Gasteiger partial charge in [0.15, 0.2) is 5.76 Å². The minimum Gasteiger partial charge on any atom is -0.451 e. The van der Waals surface area contributed by atoms with Crippen molar-refractivity contribution in [3.05, 3.63) is 35.6 Å². The fourth-order valence-electron chi connectivity index (χ4n) is 2.98. The average molecular weight is 323 g/mol. The van der Waals surface area contributed by atoms with Crippen molar-refractivity contribution in [2.45, 2.75) is 32.7 Å². The van der Waals surface area contributed by atoms with Gasteiger partial charge >= 0.3 is 0 Å². The second-order valence-electron chi connectivity index (χ2n) is 6.02. The van der Waals surface area contributed by atoms with Gasteiger partial charge in [-0.2, -0.15) is 0 Å². The van der Waals surface area contributed by atoms with Gasteiger partial charge in [-0.05, 0) is 63.9 Å². The van der Waals surface area contributed by atoms with Crippen LogP contribution in [0.4, 0.5) is 0 Å². The molecule has 1 aliphatic rings. The molecule has 2 N–H and O–H groups in total. The van der Waals surface area contributed by atoms with Gasteiger partial charge in [-0.25, -0.2) is 0 Å². The molecule has 0 bridgehead atoms. The van der Waals surface area contributed by atoms with E-state index in [2.05, 4.69) is 17.6 Å². The van der Waals surface area contributed by atoms with Crippen molar-refractivity contribution in [2.75, 3.05) is 13.1 Å². The number of fused-ring (bicyclic) bond motifs is 1. The normalized spacial score (nSPS) is 19.5. The van der Waals surface area contributed by atoms with Gasteiger partial charge in [0.1, 0.15) is 5.58 Å². The largest absolute Gasteiger partial charge is 0.451 e. The summed E-state index contributed by atoms with van der Waals surface area (Å²) < 4.78 is 5.65. The molecule has 0 saturated carbocycles. The monoisotopic (exact) mass is 322 g/mol. The van der Waals surface area contributed by atoms with E-state index in [0.717, 1.165) is 36.0 Å². The number of carbonyl (C=O) groups is 1. The van der Waals surface area contributed by atoms with Crippen LogP contribution in [0.25, 0.3) is 11.0 Å². The van der Waals surface area contributed by atoms with Crippen molar-refractivity contribution < 1.29 is 9.21 Å². The summed E-state index contributed by atoms with van der Waals surface area (Å²) in [6, 6.07) is 7.91. The average Bonchev–Trinajstić information content (AvgIpc) is 2.91. The lowest BCUT2D eigenvalue weighted by molar-refractivity contribution is 0.0896. The maximum Gasteiger partial charge on any atom is 0.287 e. The van der Waals surface area contributed by atoms with Crippen LogP contribution < -0.4 is 10.6 Å². The third-order valence-electron chi connectivity index (χ3n) is 4.30. The summed E-state index contributed by atoms with van der Waals surface area (Å²) >= 11 is 0. The van der Waals surface area contributed by atoms with Crippen LogP contribution in [0, 0.1) is 12.8 Å². The third-order valence-corrected chi connectivity index (χ3v) is 4.30. The number of benzene rings is 1. The zero-order chi connectivity index (χ0) is 14.8. The molecule has 120 valence electrons. The highest BCUT2D eigenvalue weighted by atomic mass is 35.5. The van der Waals surface area contributed by atoms with Gasteiger partial charge in [-0.1, -0.05) is 11.6 Å². The van der Waals surface area contributed by atoms with E-state index < -0.39 is 0 Å². The quantitative estimate of drug-likeness (QED) is 0.911. The van der Waals surface area contributed by atoms with Crippen LogP contribution in [0.5, 0.6) is 0 Å². The molecule has 1 saturated heterocycles. The van der Waals surface area contributed by atoms with Crippen molar-refractivity contribution in [1.82, 2.24) is 10.6 Å². The molecule has 0 spiro atoms. The third kappa shape index (κ3) is 3.62. The van der Waals surface area contributed by atoms with Gasteiger partial charge in [0, 0.05) is 11.4 Å². The first-order valence-electron chi connectivity index (χ1n) is 7.65. The zero-order valence-corrected chi connectivity index (χ0v) is 13.8. The maximum atomic E-state index is 12.3. The van der Waals surface area contributed by atoms with Gasteiger partial charge in [0.2, 0.25) is 0 Å². The number of hydrogen-bond acceptors (Lipinski definition) is 3. The molecule has 0 aliphatic carbocycles. The van der Waals surface area contributed by atoms with E-state index in [4.69, 9.17) is 4.42 Å². The Morgan fingerprint density at radius 1 is 1.41 bits per heavy atom. The van der Waals surface area contributed by atoms with Crippen LogP contribution in [0.1, 0.15) is 35.9 Å². The summed E-state index contributed by atoms with van der Waals surface area (Å²) in [4.78, 5) is 12.3. The molecular weight excluding hydrogens is 300 g/mol. The molecule has 0 radical (unpaired) electrons. The Hall–Kier alpha value is -1.52. The number of carbonyl (C=O) groups excluding carboxylic acids is 1. The lowest BCUT2D eigenvalue weighted by Crippen LogP contribution is -2.44. The highest BCUT2D eigenvalue weighted by Gasteiger charge is 2.23. The Labute approximate surface area is 137 Å². The molecule has 2 heterocycles. The molecule has 2 aromatic rings. The number of amides is 1. The van der Waals surface area contributed by atoms with Crippen molar-refractivity contribution in [1.29, 1.82) is 0 Å². The Kier molecular flexibility index (Phi) is 5.48. The fourth-order valence-corrected chi connectivity index (χ4v) is 2.98. The molecule has 1 amide bonds. The van der Waals surface area contributed by atoms with E-state index in [1.165, 1.54) is 6.42 Å². The smallest absolute Gasteiger partial charge is 0.287 e.